The van der Waals surface area contributed by atoms with E-state index >= 15 is 0 Å². The molecule has 1 aliphatic rings. The molecule has 0 atom stereocenters. The number of anilines is 1. The predicted molar refractivity (Wildman–Crippen MR) is 73.6 cm³/mol. The van der Waals surface area contributed by atoms with Gasteiger partial charge in [-0.15, -0.1) is 0 Å². The van der Waals surface area contributed by atoms with Gasteiger partial charge in [0.05, 0.1) is 21.9 Å². The van der Waals surface area contributed by atoms with Crippen LogP contribution >= 0.6 is 0 Å². The zero-order valence-electron chi connectivity index (χ0n) is 11.4. The van der Waals surface area contributed by atoms with E-state index < -0.39 is 21.6 Å². The van der Waals surface area contributed by atoms with Gasteiger partial charge < -0.3 is 10.6 Å². The Bertz CT molecular complexity index is 608. The minimum atomic E-state index is -4.54. The Morgan fingerprint density at radius 2 is 1.81 bits per heavy atom. The fourth-order valence-electron chi connectivity index (χ4n) is 2.37. The Morgan fingerprint density at radius 3 is 2.33 bits per heavy atom. The van der Waals surface area contributed by atoms with Gasteiger partial charge >= 0.3 is 6.18 Å². The first kappa shape index (κ1) is 16.1. The highest BCUT2D eigenvalue weighted by Gasteiger charge is 2.32. The van der Waals surface area contributed by atoms with E-state index in [9.17, 15) is 21.6 Å². The van der Waals surface area contributed by atoms with E-state index in [0.717, 1.165) is 38.1 Å². The van der Waals surface area contributed by atoms with Gasteiger partial charge in [0.1, 0.15) is 0 Å². The van der Waals surface area contributed by atoms with Crippen LogP contribution in [-0.2, 0) is 16.0 Å². The molecule has 0 aliphatic carbocycles. The zero-order chi connectivity index (χ0) is 15.7. The first-order valence-electron chi connectivity index (χ1n) is 6.62. The summed E-state index contributed by atoms with van der Waals surface area (Å²) in [5, 5.41) is 0. The number of halogens is 3. The number of nitrogens with zero attached hydrogens (tertiary/aromatic N) is 1. The summed E-state index contributed by atoms with van der Waals surface area (Å²) < 4.78 is 62.0. The first-order chi connectivity index (χ1) is 9.70. The van der Waals surface area contributed by atoms with Gasteiger partial charge in [-0.1, -0.05) is 0 Å². The van der Waals surface area contributed by atoms with Crippen LogP contribution < -0.4 is 5.73 Å². The Hall–Kier alpha value is -1.28. The molecule has 1 fully saturated rings. The van der Waals surface area contributed by atoms with Crippen molar-refractivity contribution >= 4 is 15.5 Å². The van der Waals surface area contributed by atoms with Crippen LogP contribution in [0.5, 0.6) is 0 Å². The fourth-order valence-corrected chi connectivity index (χ4v) is 3.79. The largest absolute Gasteiger partial charge is 0.416 e. The SMILES string of the molecule is Nc1cc(C(F)(F)F)ccc1S(=O)(=O)CCN1CCCC1. The van der Waals surface area contributed by atoms with Crippen LogP contribution in [-0.4, -0.2) is 38.7 Å². The fraction of sp³-hybridized carbons (Fsp3) is 0.538. The maximum atomic E-state index is 12.5. The zero-order valence-corrected chi connectivity index (χ0v) is 12.2. The topological polar surface area (TPSA) is 63.4 Å². The van der Waals surface area contributed by atoms with E-state index in [1.165, 1.54) is 0 Å². The number of hydrogen-bond acceptors (Lipinski definition) is 4. The lowest BCUT2D eigenvalue weighted by Gasteiger charge is -2.15. The van der Waals surface area contributed by atoms with Crippen LogP contribution in [0.4, 0.5) is 18.9 Å². The van der Waals surface area contributed by atoms with Crippen LogP contribution in [0.25, 0.3) is 0 Å². The molecule has 0 spiro atoms. The average Bonchev–Trinajstić information content (AvgIpc) is 2.88. The van der Waals surface area contributed by atoms with E-state index in [-0.39, 0.29) is 16.3 Å². The van der Waals surface area contributed by atoms with E-state index in [0.29, 0.717) is 12.6 Å². The van der Waals surface area contributed by atoms with E-state index in [1.54, 1.807) is 0 Å². The maximum Gasteiger partial charge on any atom is 0.416 e. The number of nitrogens with two attached hydrogens (primary N) is 1. The number of hydrogen-bond donors (Lipinski definition) is 1. The molecule has 118 valence electrons. The van der Waals surface area contributed by atoms with Gasteiger partial charge in [-0.05, 0) is 44.1 Å². The highest BCUT2D eigenvalue weighted by molar-refractivity contribution is 7.91. The summed E-state index contributed by atoms with van der Waals surface area (Å²) in [6.07, 6.45) is -2.45. The molecular formula is C13H17F3N2O2S. The third-order valence-electron chi connectivity index (χ3n) is 3.55. The molecule has 4 nitrogen and oxygen atoms in total. The molecule has 2 N–H and O–H groups in total. The van der Waals surface area contributed by atoms with Crippen molar-refractivity contribution in [1.29, 1.82) is 0 Å². The predicted octanol–water partition coefficient (Wildman–Crippen LogP) is 2.16. The minimum Gasteiger partial charge on any atom is -0.398 e. The number of sulfone groups is 1. The number of likely N-dealkylation sites (tertiary alicyclic amines) is 1. The Labute approximate surface area is 121 Å². The summed E-state index contributed by atoms with van der Waals surface area (Å²) in [7, 11) is -3.67. The van der Waals surface area contributed by atoms with E-state index in [4.69, 9.17) is 5.73 Å². The molecule has 1 aromatic rings. The molecule has 0 saturated carbocycles. The van der Waals surface area contributed by atoms with Crippen LogP contribution in [0.1, 0.15) is 18.4 Å². The number of benzene rings is 1. The van der Waals surface area contributed by atoms with Crippen molar-refractivity contribution in [2.24, 2.45) is 0 Å². The van der Waals surface area contributed by atoms with E-state index in [1.807, 2.05) is 4.90 Å². The van der Waals surface area contributed by atoms with Gasteiger partial charge in [0.15, 0.2) is 9.84 Å². The number of alkyl halides is 3. The van der Waals surface area contributed by atoms with Gasteiger partial charge in [0, 0.05) is 6.54 Å². The van der Waals surface area contributed by atoms with Crippen molar-refractivity contribution in [3.63, 3.8) is 0 Å². The van der Waals surface area contributed by atoms with Gasteiger partial charge in [0.2, 0.25) is 0 Å². The van der Waals surface area contributed by atoms with Crippen LogP contribution in [0.15, 0.2) is 23.1 Å². The summed E-state index contributed by atoms with van der Waals surface area (Å²) in [6, 6.07) is 2.36. The van der Waals surface area contributed by atoms with E-state index in [2.05, 4.69) is 0 Å². The van der Waals surface area contributed by atoms with Crippen LogP contribution in [0.3, 0.4) is 0 Å². The van der Waals surface area contributed by atoms with Crippen molar-refractivity contribution < 1.29 is 21.6 Å². The molecule has 8 heteroatoms. The summed E-state index contributed by atoms with van der Waals surface area (Å²) in [6.45, 7) is 2.10. The molecule has 0 amide bonds. The van der Waals surface area contributed by atoms with Crippen molar-refractivity contribution in [3.8, 4) is 0 Å². The molecule has 1 aromatic carbocycles. The lowest BCUT2D eigenvalue weighted by molar-refractivity contribution is -0.137. The molecule has 1 heterocycles. The molecule has 1 aliphatic heterocycles. The Balaban J connectivity index is 2.16. The monoisotopic (exact) mass is 322 g/mol. The van der Waals surface area contributed by atoms with Gasteiger partial charge in [-0.3, -0.25) is 0 Å². The summed E-state index contributed by atoms with van der Waals surface area (Å²) in [5.74, 6) is -0.136. The second-order valence-corrected chi connectivity index (χ2v) is 7.20. The molecule has 1 saturated heterocycles. The highest BCUT2D eigenvalue weighted by atomic mass is 32.2. The lowest BCUT2D eigenvalue weighted by Crippen LogP contribution is -2.27. The normalized spacial score (nSPS) is 17.3. The number of rotatable bonds is 4. The summed E-state index contributed by atoms with van der Waals surface area (Å²) >= 11 is 0. The second kappa shape index (κ2) is 5.84. The highest BCUT2D eigenvalue weighted by Crippen LogP contribution is 2.32. The molecule has 0 bridgehead atoms. The average molecular weight is 322 g/mol. The van der Waals surface area contributed by atoms with Gasteiger partial charge in [-0.2, -0.15) is 13.2 Å². The quantitative estimate of drug-likeness (QED) is 0.863. The molecule has 2 rings (SSSR count). The smallest absolute Gasteiger partial charge is 0.398 e. The van der Waals surface area contributed by atoms with Gasteiger partial charge in [0.25, 0.3) is 0 Å². The third kappa shape index (κ3) is 3.88. The van der Waals surface area contributed by atoms with Crippen molar-refractivity contribution in [2.75, 3.05) is 31.1 Å². The maximum absolute atomic E-state index is 12.5. The first-order valence-corrected chi connectivity index (χ1v) is 8.27. The summed E-state index contributed by atoms with van der Waals surface area (Å²) in [5.41, 5.74) is 4.19. The summed E-state index contributed by atoms with van der Waals surface area (Å²) in [4.78, 5) is 1.80. The molecule has 0 unspecified atom stereocenters. The van der Waals surface area contributed by atoms with Crippen molar-refractivity contribution in [3.05, 3.63) is 23.8 Å². The minimum absolute atomic E-state index is 0.136. The third-order valence-corrected chi connectivity index (χ3v) is 5.31. The Morgan fingerprint density at radius 1 is 1.19 bits per heavy atom. The molecule has 21 heavy (non-hydrogen) atoms. The molecule has 0 aromatic heterocycles. The van der Waals surface area contributed by atoms with Crippen molar-refractivity contribution in [2.45, 2.75) is 23.9 Å². The van der Waals surface area contributed by atoms with Crippen molar-refractivity contribution in [1.82, 2.24) is 4.90 Å². The van der Waals surface area contributed by atoms with Crippen LogP contribution in [0, 0.1) is 0 Å². The Kier molecular flexibility index (Phi) is 4.48. The second-order valence-electron chi connectivity index (χ2n) is 5.12. The molecular weight excluding hydrogens is 305 g/mol. The lowest BCUT2D eigenvalue weighted by atomic mass is 10.2. The standard InChI is InChI=1S/C13H17F3N2O2S/c14-13(15,16)10-3-4-12(11(17)9-10)21(19,20)8-7-18-5-1-2-6-18/h3-4,9H,1-2,5-8,17H2. The molecule has 0 radical (unpaired) electrons. The number of nitrogen functional groups attached to an aromatic ring is 1. The van der Waals surface area contributed by atoms with Gasteiger partial charge in [-0.25, -0.2) is 8.42 Å². The van der Waals surface area contributed by atoms with Crippen LogP contribution in [0.2, 0.25) is 0 Å².